The third-order valence-corrected chi connectivity index (χ3v) is 6.85. The van der Waals surface area contributed by atoms with Crippen molar-refractivity contribution in [2.45, 2.75) is 13.0 Å². The van der Waals surface area contributed by atoms with E-state index in [1.54, 1.807) is 0 Å². The molecule has 8 nitrogen and oxygen atoms in total. The molecule has 2 aromatic heterocycles. The van der Waals surface area contributed by atoms with Crippen LogP contribution >= 0.6 is 13.5 Å². The molecule has 2 aliphatic rings. The van der Waals surface area contributed by atoms with Crippen LogP contribution in [0, 0.1) is 17.2 Å². The van der Waals surface area contributed by atoms with E-state index in [0.29, 0.717) is 11.5 Å². The maximum absolute atomic E-state index is 9.11. The molecule has 1 saturated heterocycles. The number of rotatable bonds is 4. The van der Waals surface area contributed by atoms with Crippen LogP contribution in [0.4, 0.5) is 5.69 Å². The zero-order valence-electron chi connectivity index (χ0n) is 19.9. The molecule has 6 rings (SSSR count). The second-order valence-electron chi connectivity index (χ2n) is 9.52. The predicted molar refractivity (Wildman–Crippen MR) is 141 cm³/mol. The molecule has 0 unspecified atom stereocenters. The van der Waals surface area contributed by atoms with E-state index in [2.05, 4.69) is 80.5 Å². The van der Waals surface area contributed by atoms with E-state index >= 15 is 0 Å². The molecule has 178 valence electrons. The number of nitrogens with zero attached hydrogens (tertiary/aromatic N) is 8. The molecule has 2 aliphatic heterocycles. The van der Waals surface area contributed by atoms with Crippen molar-refractivity contribution in [1.29, 1.82) is 5.26 Å². The quantitative estimate of drug-likeness (QED) is 0.388. The Bertz CT molecular complexity index is 1400. The third-order valence-electron chi connectivity index (χ3n) is 6.85. The summed E-state index contributed by atoms with van der Waals surface area (Å²) < 4.78 is 4.07. The summed E-state index contributed by atoms with van der Waals surface area (Å²) in [6.45, 7) is 4.03. The lowest BCUT2D eigenvalue weighted by Gasteiger charge is -2.21. The number of hydrogen-bond acceptors (Lipinski definition) is 6. The van der Waals surface area contributed by atoms with Crippen molar-refractivity contribution in [3.63, 3.8) is 0 Å². The van der Waals surface area contributed by atoms with Crippen LogP contribution in [0.1, 0.15) is 17.5 Å². The van der Waals surface area contributed by atoms with Gasteiger partial charge in [0.25, 0.3) is 0 Å². The number of aromatic nitrogens is 5. The van der Waals surface area contributed by atoms with E-state index in [1.807, 2.05) is 28.9 Å². The first-order chi connectivity index (χ1) is 16.6. The molecule has 0 saturated carbocycles. The summed E-state index contributed by atoms with van der Waals surface area (Å²) in [7, 11) is 4.30. The van der Waals surface area contributed by atoms with Crippen LogP contribution in [0.25, 0.3) is 28.3 Å². The number of anilines is 1. The van der Waals surface area contributed by atoms with Gasteiger partial charge in [-0.25, -0.2) is 0 Å². The Balaban J connectivity index is 0.00000253. The maximum Gasteiger partial charge on any atom is 0.203 e. The van der Waals surface area contributed by atoms with Crippen LogP contribution in [-0.2, 0) is 6.54 Å². The average molecular weight is 485 g/mol. The predicted octanol–water partition coefficient (Wildman–Crippen LogP) is 3.53. The van der Waals surface area contributed by atoms with E-state index in [-0.39, 0.29) is 13.5 Å². The fourth-order valence-electron chi connectivity index (χ4n) is 5.25. The Hall–Kier alpha value is -3.61. The molecule has 35 heavy (non-hydrogen) atoms. The summed E-state index contributed by atoms with van der Waals surface area (Å²) in [4.78, 5) is 4.78. The summed E-state index contributed by atoms with van der Waals surface area (Å²) in [5, 5.41) is 21.8. The minimum absolute atomic E-state index is 0. The molecule has 0 amide bonds. The number of hydrogen-bond donors (Lipinski definition) is 0. The van der Waals surface area contributed by atoms with Gasteiger partial charge in [-0.05, 0) is 84.4 Å². The Morgan fingerprint density at radius 1 is 1.09 bits per heavy atom. The van der Waals surface area contributed by atoms with Gasteiger partial charge in [0.1, 0.15) is 0 Å². The van der Waals surface area contributed by atoms with Crippen molar-refractivity contribution < 1.29 is 0 Å². The van der Waals surface area contributed by atoms with Gasteiger partial charge < -0.3 is 14.4 Å². The fourth-order valence-corrected chi connectivity index (χ4v) is 5.25. The molecular weight excluding hydrogens is 456 g/mol. The largest absolute Gasteiger partial charge is 0.371 e. The molecule has 0 aliphatic carbocycles. The van der Waals surface area contributed by atoms with Crippen molar-refractivity contribution in [2.75, 3.05) is 38.6 Å². The lowest BCUT2D eigenvalue weighted by Crippen LogP contribution is -2.25. The molecule has 1 atom stereocenters. The van der Waals surface area contributed by atoms with E-state index in [4.69, 9.17) is 5.26 Å². The minimum Gasteiger partial charge on any atom is -0.371 e. The fraction of sp³-hybridized carbons (Fsp3) is 0.308. The second-order valence-corrected chi connectivity index (χ2v) is 9.52. The molecule has 0 N–H and O–H groups in total. The van der Waals surface area contributed by atoms with Gasteiger partial charge in [-0.15, -0.1) is 5.10 Å². The molecule has 9 heteroatoms. The summed E-state index contributed by atoms with van der Waals surface area (Å²) in [5.74, 6) is 1.43. The van der Waals surface area contributed by atoms with Gasteiger partial charge in [-0.2, -0.15) is 23.4 Å². The van der Waals surface area contributed by atoms with Gasteiger partial charge >= 0.3 is 0 Å². The average Bonchev–Trinajstić information content (AvgIpc) is 3.57. The highest BCUT2D eigenvalue weighted by Gasteiger charge is 2.26. The first-order valence-corrected chi connectivity index (χ1v) is 11.6. The van der Waals surface area contributed by atoms with Gasteiger partial charge in [0.2, 0.25) is 5.82 Å². The standard InChI is InChI=1S/C26H26N8.H2S/c1-31(2)14-19-9-10-32(15-19)23-7-8-24-22(11-23)17-33-16-21(20-5-3-18(13-27)4-6-20)12-25(33)26-28-29-30-34(24)26;/h3-8,11-12,16,19H,9-10,14-15,17H2,1-2H3;1H2/t19-;/m0./s1. The van der Waals surface area contributed by atoms with Crippen LogP contribution in [0.2, 0.25) is 0 Å². The van der Waals surface area contributed by atoms with Crippen molar-refractivity contribution in [3.05, 3.63) is 65.9 Å². The zero-order chi connectivity index (χ0) is 23.2. The molecule has 1 fully saturated rings. The third kappa shape index (κ3) is 4.20. The topological polar surface area (TPSA) is 78.8 Å². The van der Waals surface area contributed by atoms with E-state index in [9.17, 15) is 0 Å². The van der Waals surface area contributed by atoms with E-state index in [1.165, 1.54) is 17.7 Å². The molecule has 4 aromatic rings. The van der Waals surface area contributed by atoms with Gasteiger partial charge in [0.05, 0.1) is 23.0 Å². The van der Waals surface area contributed by atoms with Crippen molar-refractivity contribution in [3.8, 4) is 34.4 Å². The molecule has 2 aromatic carbocycles. The van der Waals surface area contributed by atoms with Crippen molar-refractivity contribution >= 4 is 19.2 Å². The summed E-state index contributed by atoms with van der Waals surface area (Å²) >= 11 is 0. The highest BCUT2D eigenvalue weighted by atomic mass is 32.1. The highest BCUT2D eigenvalue weighted by molar-refractivity contribution is 7.59. The van der Waals surface area contributed by atoms with Gasteiger partial charge in [0.15, 0.2) is 0 Å². The Labute approximate surface area is 211 Å². The maximum atomic E-state index is 9.11. The van der Waals surface area contributed by atoms with Gasteiger partial charge in [-0.1, -0.05) is 12.1 Å². The van der Waals surface area contributed by atoms with E-state index in [0.717, 1.165) is 54.5 Å². The molecule has 0 radical (unpaired) electrons. The van der Waals surface area contributed by atoms with Crippen molar-refractivity contribution in [2.24, 2.45) is 5.92 Å². The van der Waals surface area contributed by atoms with Gasteiger partial charge in [0, 0.05) is 43.6 Å². The second kappa shape index (κ2) is 9.21. The van der Waals surface area contributed by atoms with Gasteiger partial charge in [-0.3, -0.25) is 0 Å². The molecule has 4 heterocycles. The lowest BCUT2D eigenvalue weighted by molar-refractivity contribution is 0.340. The summed E-state index contributed by atoms with van der Waals surface area (Å²) in [6, 6.07) is 18.6. The highest BCUT2D eigenvalue weighted by Crippen LogP contribution is 2.35. The Morgan fingerprint density at radius 3 is 2.69 bits per heavy atom. The number of nitriles is 1. The smallest absolute Gasteiger partial charge is 0.203 e. The van der Waals surface area contributed by atoms with Crippen LogP contribution in [0.5, 0.6) is 0 Å². The van der Waals surface area contributed by atoms with Crippen LogP contribution in [0.15, 0.2) is 54.7 Å². The number of tetrazole rings is 1. The van der Waals surface area contributed by atoms with Crippen LogP contribution < -0.4 is 4.90 Å². The number of fused-ring (bicyclic) bond motifs is 5. The lowest BCUT2D eigenvalue weighted by atomic mass is 10.1. The Morgan fingerprint density at radius 2 is 1.91 bits per heavy atom. The minimum atomic E-state index is 0. The zero-order valence-corrected chi connectivity index (χ0v) is 20.9. The number of benzene rings is 2. The van der Waals surface area contributed by atoms with Crippen LogP contribution in [-0.4, -0.2) is 63.4 Å². The monoisotopic (exact) mass is 484 g/mol. The molecule has 0 bridgehead atoms. The first-order valence-electron chi connectivity index (χ1n) is 11.6. The first kappa shape index (κ1) is 23.1. The SMILES string of the molecule is CN(C)C[C@@H]1CCN(c2ccc3c(c2)Cn2cc(-c4ccc(C#N)cc4)cc2-c2nnnn2-3)C1.S. The molecular formula is C26H28N8S. The normalized spacial score (nSPS) is 16.2. The van der Waals surface area contributed by atoms with E-state index < -0.39 is 0 Å². The summed E-state index contributed by atoms with van der Waals surface area (Å²) in [6.07, 6.45) is 3.38. The van der Waals surface area contributed by atoms with Crippen LogP contribution in [0.3, 0.4) is 0 Å². The Kier molecular flexibility index (Phi) is 6.09. The summed E-state index contributed by atoms with van der Waals surface area (Å²) in [5.41, 5.74) is 7.27. The molecule has 0 spiro atoms. The van der Waals surface area contributed by atoms with Crippen molar-refractivity contribution in [1.82, 2.24) is 29.7 Å².